The fourth-order valence-corrected chi connectivity index (χ4v) is 8.84. The van der Waals surface area contributed by atoms with Crippen LogP contribution in [0, 0.1) is 29.1 Å². The van der Waals surface area contributed by atoms with Gasteiger partial charge in [-0.05, 0) is 78.8 Å². The Labute approximate surface area is 301 Å². The second kappa shape index (κ2) is 15.0. The molecule has 3 saturated carbocycles. The number of benzene rings is 2. The molecule has 3 aromatic rings. The van der Waals surface area contributed by atoms with Crippen molar-refractivity contribution in [2.24, 2.45) is 29.1 Å². The fraction of sp³-hybridized carbons (Fsp3) is 0.550. The van der Waals surface area contributed by atoms with Crippen molar-refractivity contribution >= 4 is 17.5 Å². The number of rotatable bonds is 13. The van der Waals surface area contributed by atoms with E-state index in [9.17, 15) is 19.8 Å². The molecule has 4 N–H and O–H groups in total. The van der Waals surface area contributed by atoms with Crippen molar-refractivity contribution in [3.8, 4) is 16.9 Å². The third kappa shape index (κ3) is 7.26. The van der Waals surface area contributed by atoms with Gasteiger partial charge in [0.1, 0.15) is 23.7 Å². The van der Waals surface area contributed by atoms with Crippen molar-refractivity contribution in [2.45, 2.75) is 77.8 Å². The molecular weight excluding hydrogens is 648 g/mol. The van der Waals surface area contributed by atoms with Crippen LogP contribution >= 0.6 is 0 Å². The van der Waals surface area contributed by atoms with Crippen LogP contribution in [0.15, 0.2) is 59.2 Å². The van der Waals surface area contributed by atoms with Gasteiger partial charge in [0.15, 0.2) is 0 Å². The van der Waals surface area contributed by atoms with Crippen molar-refractivity contribution in [1.82, 2.24) is 15.7 Å². The van der Waals surface area contributed by atoms with Gasteiger partial charge in [0.2, 0.25) is 5.91 Å². The zero-order chi connectivity index (χ0) is 36.6. The molecule has 7 rings (SSSR count). The molecule has 3 aliphatic carbocycles. The highest BCUT2D eigenvalue weighted by atomic mass is 16.7. The van der Waals surface area contributed by atoms with E-state index in [4.69, 9.17) is 14.0 Å². The Balaban J connectivity index is 1.26. The number of carbonyl (C=O) groups is 2. The first-order chi connectivity index (χ1) is 24.3. The number of methoxy groups -OCH3 is 1. The molecule has 0 radical (unpaired) electrons. The number of carbonyl (C=O) groups excluding carboxylic acids is 2. The standard InChI is InChI=1S/C40H54N4O7/c1-23-32-19-28(40(32,3)4)20-33(23)42-39(48)36-35(24(2)46)34(22-45)51-44(36)21-25-10-8-12-31(37(25)49-7)26-16-27(18-29(17-26)43(5)6)38(47)41-14-13-30-11-9-15-50-30/h8-12,15-18,23-24,28,32-36,45-46H,13-14,19-22H2,1-7H3,(H,41,47)(H,42,48)/t23-,24-,28-,32-,33-,34-,35+,36-/m0/s1. The zero-order valence-corrected chi connectivity index (χ0v) is 30.9. The monoisotopic (exact) mass is 702 g/mol. The van der Waals surface area contributed by atoms with Gasteiger partial charge in [0.05, 0.1) is 32.6 Å². The number of anilines is 1. The van der Waals surface area contributed by atoms with Gasteiger partial charge in [-0.15, -0.1) is 0 Å². The van der Waals surface area contributed by atoms with Crippen LogP contribution in [0.1, 0.15) is 62.2 Å². The smallest absolute Gasteiger partial charge is 0.251 e. The van der Waals surface area contributed by atoms with Crippen LogP contribution < -0.4 is 20.3 Å². The van der Waals surface area contributed by atoms with Crippen LogP contribution in [0.25, 0.3) is 11.1 Å². The SMILES string of the molecule is COc1c(CN2O[C@@H](CO)[C@@H]([C@H](C)O)[C@H]2C(=O)N[C@H]2C[C@@H]3C[C@@H]([C@@H]2C)C3(C)C)cccc1-c1cc(C(=O)NCCc2ccco2)cc(N(C)C)c1. The zero-order valence-electron chi connectivity index (χ0n) is 30.9. The number of aliphatic hydroxyl groups excluding tert-OH is 2. The Morgan fingerprint density at radius 1 is 1.14 bits per heavy atom. The molecule has 1 aromatic heterocycles. The fourth-order valence-electron chi connectivity index (χ4n) is 8.84. The molecule has 2 amide bonds. The summed E-state index contributed by atoms with van der Waals surface area (Å²) in [5, 5.41) is 29.2. The van der Waals surface area contributed by atoms with Crippen LogP contribution in [0.2, 0.25) is 0 Å². The summed E-state index contributed by atoms with van der Waals surface area (Å²) in [6.45, 7) is 8.80. The molecule has 1 aliphatic heterocycles. The Bertz CT molecular complexity index is 1690. The minimum Gasteiger partial charge on any atom is -0.496 e. The lowest BCUT2D eigenvalue weighted by atomic mass is 9.45. The Morgan fingerprint density at radius 2 is 1.92 bits per heavy atom. The molecule has 4 fully saturated rings. The van der Waals surface area contributed by atoms with E-state index < -0.39 is 24.2 Å². The number of fused-ring (bicyclic) bond motifs is 2. The molecule has 0 unspecified atom stereocenters. The van der Waals surface area contributed by atoms with Crippen LogP contribution in [-0.4, -0.2) is 85.7 Å². The molecule has 4 aliphatic rings. The maximum Gasteiger partial charge on any atom is 0.251 e. The summed E-state index contributed by atoms with van der Waals surface area (Å²) in [5.74, 6) is 1.80. The molecule has 11 heteroatoms. The third-order valence-electron chi connectivity index (χ3n) is 11.9. The highest BCUT2D eigenvalue weighted by molar-refractivity contribution is 5.97. The first-order valence-electron chi connectivity index (χ1n) is 18.2. The number of nitrogens with zero attached hydrogens (tertiary/aromatic N) is 2. The molecule has 11 nitrogen and oxygen atoms in total. The van der Waals surface area contributed by atoms with Gasteiger partial charge in [0.25, 0.3) is 5.91 Å². The number of hydrogen-bond donors (Lipinski definition) is 4. The first kappa shape index (κ1) is 36.9. The maximum atomic E-state index is 14.2. The lowest BCUT2D eigenvalue weighted by Gasteiger charge is -2.62. The van der Waals surface area contributed by atoms with E-state index in [0.717, 1.165) is 34.6 Å². The summed E-state index contributed by atoms with van der Waals surface area (Å²) in [6.07, 6.45) is 2.68. The Morgan fingerprint density at radius 3 is 2.55 bits per heavy atom. The molecule has 2 bridgehead atoms. The second-order valence-corrected chi connectivity index (χ2v) is 15.5. The molecule has 0 spiro atoms. The molecular formula is C40H54N4O7. The van der Waals surface area contributed by atoms with Crippen molar-refractivity contribution in [3.63, 3.8) is 0 Å². The van der Waals surface area contributed by atoms with E-state index in [0.29, 0.717) is 42.0 Å². The van der Waals surface area contributed by atoms with Crippen molar-refractivity contribution in [2.75, 3.05) is 39.3 Å². The summed E-state index contributed by atoms with van der Waals surface area (Å²) in [5.41, 5.74) is 3.95. The van der Waals surface area contributed by atoms with Crippen LogP contribution in [-0.2, 0) is 22.6 Å². The van der Waals surface area contributed by atoms with E-state index in [-0.39, 0.29) is 36.4 Å². The maximum absolute atomic E-state index is 14.2. The van der Waals surface area contributed by atoms with Crippen molar-refractivity contribution in [1.29, 1.82) is 0 Å². The van der Waals surface area contributed by atoms with Crippen LogP contribution in [0.5, 0.6) is 5.75 Å². The topological polar surface area (TPSA) is 137 Å². The number of nitrogens with one attached hydrogen (secondary N) is 2. The molecule has 2 aromatic carbocycles. The number of hydrogen-bond acceptors (Lipinski definition) is 9. The second-order valence-electron chi connectivity index (χ2n) is 15.5. The molecule has 1 saturated heterocycles. The number of para-hydroxylation sites is 1. The quantitative estimate of drug-likeness (QED) is 0.201. The van der Waals surface area contributed by atoms with Gasteiger partial charge in [-0.3, -0.25) is 14.4 Å². The molecule has 2 heterocycles. The first-order valence-corrected chi connectivity index (χ1v) is 18.2. The number of amides is 2. The average molecular weight is 703 g/mol. The summed E-state index contributed by atoms with van der Waals surface area (Å²) in [4.78, 5) is 35.8. The van der Waals surface area contributed by atoms with Gasteiger partial charge >= 0.3 is 0 Å². The molecule has 51 heavy (non-hydrogen) atoms. The number of hydroxylamine groups is 2. The largest absolute Gasteiger partial charge is 0.496 e. The Kier molecular flexibility index (Phi) is 10.8. The molecule has 276 valence electrons. The number of furan rings is 1. The van der Waals surface area contributed by atoms with E-state index in [1.165, 1.54) is 6.42 Å². The highest BCUT2D eigenvalue weighted by Crippen LogP contribution is 2.61. The van der Waals surface area contributed by atoms with E-state index in [1.807, 2.05) is 67.5 Å². The predicted molar refractivity (Wildman–Crippen MR) is 195 cm³/mol. The minimum absolute atomic E-state index is 0.0392. The third-order valence-corrected chi connectivity index (χ3v) is 11.9. The number of ether oxygens (including phenoxy) is 1. The predicted octanol–water partition coefficient (Wildman–Crippen LogP) is 4.65. The summed E-state index contributed by atoms with van der Waals surface area (Å²) in [6, 6.07) is 14.4. The summed E-state index contributed by atoms with van der Waals surface area (Å²) >= 11 is 0. The van der Waals surface area contributed by atoms with Gasteiger partial charge in [-0.2, -0.15) is 5.06 Å². The van der Waals surface area contributed by atoms with Crippen LogP contribution in [0.4, 0.5) is 5.69 Å². The summed E-state index contributed by atoms with van der Waals surface area (Å²) in [7, 11) is 5.45. The minimum atomic E-state index is -0.898. The normalized spacial score (nSPS) is 27.4. The van der Waals surface area contributed by atoms with E-state index >= 15 is 0 Å². The van der Waals surface area contributed by atoms with Gasteiger partial charge < -0.3 is 34.9 Å². The van der Waals surface area contributed by atoms with Gasteiger partial charge in [0, 0.05) is 61.4 Å². The van der Waals surface area contributed by atoms with Crippen molar-refractivity contribution < 1.29 is 33.8 Å². The van der Waals surface area contributed by atoms with Gasteiger partial charge in [-0.1, -0.05) is 39.0 Å². The van der Waals surface area contributed by atoms with E-state index in [2.05, 4.69) is 31.4 Å². The lowest BCUT2D eigenvalue weighted by Crippen LogP contribution is -2.62. The Hall–Kier alpha value is -3.90. The van der Waals surface area contributed by atoms with E-state index in [1.54, 1.807) is 25.4 Å². The lowest BCUT2D eigenvalue weighted by molar-refractivity contribution is -0.183. The van der Waals surface area contributed by atoms with Crippen molar-refractivity contribution in [3.05, 3.63) is 71.7 Å². The van der Waals surface area contributed by atoms with Gasteiger partial charge in [-0.25, -0.2) is 0 Å². The molecule has 8 atom stereocenters. The summed E-state index contributed by atoms with van der Waals surface area (Å²) < 4.78 is 11.4. The van der Waals surface area contributed by atoms with Crippen LogP contribution in [0.3, 0.4) is 0 Å². The number of aliphatic hydroxyl groups is 2. The average Bonchev–Trinajstić information content (AvgIpc) is 3.76. The highest BCUT2D eigenvalue weighted by Gasteiger charge is 2.57.